The summed E-state index contributed by atoms with van der Waals surface area (Å²) < 4.78 is 52.4. The zero-order chi connectivity index (χ0) is 17.5. The molecule has 1 atom stereocenters. The third-order valence-corrected chi connectivity index (χ3v) is 4.00. The molecule has 24 heavy (non-hydrogen) atoms. The fraction of sp³-hybridized carbons (Fsp3) is 0.333. The van der Waals surface area contributed by atoms with Crippen LogP contribution in [0.25, 0.3) is 0 Å². The van der Waals surface area contributed by atoms with Gasteiger partial charge in [-0.05, 0) is 31.4 Å². The number of aryl methyl sites for hydroxylation is 1. The number of H-pyrrole nitrogens is 1. The lowest BCUT2D eigenvalue weighted by molar-refractivity contribution is -0.142. The third-order valence-electron chi connectivity index (χ3n) is 4.00. The number of aromatic hydroxyl groups is 1. The summed E-state index contributed by atoms with van der Waals surface area (Å²) in [7, 11) is 0. The Labute approximate surface area is 133 Å². The first-order valence-electron chi connectivity index (χ1n) is 7.18. The molecule has 128 valence electrons. The number of aromatic amines is 1. The van der Waals surface area contributed by atoms with Crippen LogP contribution < -0.4 is 5.32 Å². The van der Waals surface area contributed by atoms with Crippen LogP contribution in [-0.4, -0.2) is 21.2 Å². The lowest BCUT2D eigenvalue weighted by Gasteiger charge is -2.22. The molecule has 1 aliphatic rings. The molecule has 3 rings (SSSR count). The molecule has 1 amide bonds. The van der Waals surface area contributed by atoms with Gasteiger partial charge in [0.05, 0.1) is 5.69 Å². The summed E-state index contributed by atoms with van der Waals surface area (Å²) in [5.74, 6) is -2.40. The van der Waals surface area contributed by atoms with Gasteiger partial charge in [0.15, 0.2) is 5.69 Å². The molecule has 0 unspecified atom stereocenters. The number of fused-ring (bicyclic) bond motifs is 1. The Morgan fingerprint density at radius 2 is 2.12 bits per heavy atom. The van der Waals surface area contributed by atoms with Gasteiger partial charge in [0.2, 0.25) is 5.91 Å². The van der Waals surface area contributed by atoms with E-state index in [1.807, 2.05) is 0 Å². The molecule has 1 aliphatic carbocycles. The fourth-order valence-electron chi connectivity index (χ4n) is 2.79. The number of benzene rings is 1. The molecular formula is C15H13F4N3O2. The molecule has 9 heteroatoms. The number of alkyl halides is 3. The van der Waals surface area contributed by atoms with Gasteiger partial charge < -0.3 is 10.4 Å². The maximum atomic E-state index is 13.6. The number of hydrogen-bond acceptors (Lipinski definition) is 3. The zero-order valence-electron chi connectivity index (χ0n) is 12.2. The van der Waals surface area contributed by atoms with Gasteiger partial charge >= 0.3 is 6.18 Å². The number of halogens is 4. The molecule has 2 aromatic rings. The van der Waals surface area contributed by atoms with E-state index < -0.39 is 29.5 Å². The van der Waals surface area contributed by atoms with Crippen molar-refractivity contribution in [1.82, 2.24) is 10.2 Å². The average molecular weight is 343 g/mol. The van der Waals surface area contributed by atoms with E-state index in [4.69, 9.17) is 5.11 Å². The Bertz CT molecular complexity index is 786. The first kappa shape index (κ1) is 16.3. The summed E-state index contributed by atoms with van der Waals surface area (Å²) in [6.45, 7) is 0. The van der Waals surface area contributed by atoms with Crippen molar-refractivity contribution in [2.75, 3.05) is 5.32 Å². The number of nitrogens with one attached hydrogen (secondary N) is 2. The SMILES string of the molecule is O=C(Nc1ccc(O)cc1F)[C@@H]1CCc2[nH]nc(C(F)(F)F)c2C1. The number of aromatic nitrogens is 2. The molecule has 0 fully saturated rings. The van der Waals surface area contributed by atoms with Gasteiger partial charge in [0.25, 0.3) is 0 Å². The number of amides is 1. The molecule has 0 saturated carbocycles. The van der Waals surface area contributed by atoms with Crippen LogP contribution in [-0.2, 0) is 23.8 Å². The maximum Gasteiger partial charge on any atom is 0.435 e. The van der Waals surface area contributed by atoms with Crippen molar-refractivity contribution in [3.05, 3.63) is 41.0 Å². The molecule has 1 heterocycles. The minimum absolute atomic E-state index is 0.0138. The maximum absolute atomic E-state index is 13.6. The van der Waals surface area contributed by atoms with E-state index in [-0.39, 0.29) is 29.8 Å². The second kappa shape index (κ2) is 5.81. The number of hydrogen-bond donors (Lipinski definition) is 3. The predicted molar refractivity (Wildman–Crippen MR) is 75.8 cm³/mol. The highest BCUT2D eigenvalue weighted by Gasteiger charge is 2.40. The number of nitrogens with zero attached hydrogens (tertiary/aromatic N) is 1. The van der Waals surface area contributed by atoms with Gasteiger partial charge in [-0.15, -0.1) is 0 Å². The second-order valence-corrected chi connectivity index (χ2v) is 5.62. The quantitative estimate of drug-likeness (QED) is 0.579. The van der Waals surface area contributed by atoms with Crippen molar-refractivity contribution in [2.24, 2.45) is 5.92 Å². The highest BCUT2D eigenvalue weighted by atomic mass is 19.4. The zero-order valence-corrected chi connectivity index (χ0v) is 12.2. The summed E-state index contributed by atoms with van der Waals surface area (Å²) in [5, 5.41) is 17.2. The van der Waals surface area contributed by atoms with E-state index in [0.717, 1.165) is 6.07 Å². The van der Waals surface area contributed by atoms with E-state index in [2.05, 4.69) is 15.5 Å². The molecular weight excluding hydrogens is 330 g/mol. The van der Waals surface area contributed by atoms with Gasteiger partial charge in [-0.1, -0.05) is 0 Å². The topological polar surface area (TPSA) is 78.0 Å². The summed E-state index contributed by atoms with van der Waals surface area (Å²) in [6, 6.07) is 3.23. The molecule has 1 aromatic heterocycles. The van der Waals surface area contributed by atoms with Crippen LogP contribution in [0.3, 0.4) is 0 Å². The van der Waals surface area contributed by atoms with E-state index in [1.54, 1.807) is 0 Å². The van der Waals surface area contributed by atoms with Gasteiger partial charge in [0.1, 0.15) is 11.6 Å². The first-order chi connectivity index (χ1) is 11.3. The average Bonchev–Trinajstić information content (AvgIpc) is 2.93. The number of carbonyl (C=O) groups excluding carboxylic acids is 1. The molecule has 3 N–H and O–H groups in total. The number of anilines is 1. The normalized spacial score (nSPS) is 17.4. The smallest absolute Gasteiger partial charge is 0.435 e. The molecule has 0 saturated heterocycles. The molecule has 0 bridgehead atoms. The van der Waals surface area contributed by atoms with Crippen molar-refractivity contribution >= 4 is 11.6 Å². The molecule has 1 aromatic carbocycles. The van der Waals surface area contributed by atoms with Crippen molar-refractivity contribution in [3.63, 3.8) is 0 Å². The lowest BCUT2D eigenvalue weighted by atomic mass is 9.85. The van der Waals surface area contributed by atoms with Gasteiger partial charge in [-0.2, -0.15) is 18.3 Å². The van der Waals surface area contributed by atoms with E-state index in [1.165, 1.54) is 12.1 Å². The van der Waals surface area contributed by atoms with Crippen LogP contribution in [0, 0.1) is 11.7 Å². The Balaban J connectivity index is 1.77. The highest BCUT2D eigenvalue weighted by molar-refractivity contribution is 5.93. The van der Waals surface area contributed by atoms with Crippen molar-refractivity contribution in [1.29, 1.82) is 0 Å². The standard InChI is InChI=1S/C15H13F4N3O2/c16-10-6-8(23)2-4-12(10)20-14(24)7-1-3-11-9(5-7)13(22-21-11)15(17,18)19/h2,4,6-7,23H,1,3,5H2,(H,20,24)(H,21,22)/t7-/m1/s1. The monoisotopic (exact) mass is 343 g/mol. The van der Waals surface area contributed by atoms with Crippen molar-refractivity contribution < 1.29 is 27.5 Å². The minimum atomic E-state index is -4.59. The van der Waals surface area contributed by atoms with Crippen LogP contribution >= 0.6 is 0 Å². The summed E-state index contributed by atoms with van der Waals surface area (Å²) in [4.78, 5) is 12.2. The molecule has 0 aliphatic heterocycles. The summed E-state index contributed by atoms with van der Waals surface area (Å²) >= 11 is 0. The largest absolute Gasteiger partial charge is 0.508 e. The molecule has 0 spiro atoms. The summed E-state index contributed by atoms with van der Waals surface area (Å²) in [6.07, 6.45) is -4.12. The fourth-order valence-corrected chi connectivity index (χ4v) is 2.79. The van der Waals surface area contributed by atoms with Crippen molar-refractivity contribution in [2.45, 2.75) is 25.4 Å². The predicted octanol–water partition coefficient (Wildman–Crippen LogP) is 3.02. The van der Waals surface area contributed by atoms with E-state index in [9.17, 15) is 22.4 Å². The van der Waals surface area contributed by atoms with Crippen LogP contribution in [0.15, 0.2) is 18.2 Å². The first-order valence-corrected chi connectivity index (χ1v) is 7.18. The second-order valence-electron chi connectivity index (χ2n) is 5.62. The minimum Gasteiger partial charge on any atom is -0.508 e. The number of rotatable bonds is 2. The lowest BCUT2D eigenvalue weighted by Crippen LogP contribution is -2.29. The Kier molecular flexibility index (Phi) is 3.94. The number of phenols is 1. The summed E-state index contributed by atoms with van der Waals surface area (Å²) in [5.41, 5.74) is -0.778. The molecule has 0 radical (unpaired) electrons. The number of phenolic OH excluding ortho intramolecular Hbond substituents is 1. The Hall–Kier alpha value is -2.58. The van der Waals surface area contributed by atoms with E-state index >= 15 is 0 Å². The van der Waals surface area contributed by atoms with Crippen LogP contribution in [0.5, 0.6) is 5.75 Å². The van der Waals surface area contributed by atoms with Gasteiger partial charge in [-0.25, -0.2) is 4.39 Å². The number of carbonyl (C=O) groups is 1. The Morgan fingerprint density at radius 3 is 2.79 bits per heavy atom. The van der Waals surface area contributed by atoms with Crippen LogP contribution in [0.1, 0.15) is 23.4 Å². The van der Waals surface area contributed by atoms with Crippen molar-refractivity contribution in [3.8, 4) is 5.75 Å². The molecule has 5 nitrogen and oxygen atoms in total. The van der Waals surface area contributed by atoms with Gasteiger partial charge in [-0.3, -0.25) is 9.89 Å². The van der Waals surface area contributed by atoms with Crippen LogP contribution in [0.4, 0.5) is 23.2 Å². The highest BCUT2D eigenvalue weighted by Crippen LogP contribution is 2.36. The van der Waals surface area contributed by atoms with E-state index in [0.29, 0.717) is 12.1 Å². The van der Waals surface area contributed by atoms with Crippen LogP contribution in [0.2, 0.25) is 0 Å². The third kappa shape index (κ3) is 3.06. The Morgan fingerprint density at radius 1 is 1.38 bits per heavy atom. The van der Waals surface area contributed by atoms with Gasteiger partial charge in [0, 0.05) is 23.2 Å².